The lowest BCUT2D eigenvalue weighted by Crippen LogP contribution is -2.44. The lowest BCUT2D eigenvalue weighted by molar-refractivity contribution is -0.169. The number of amides is 1. The molecule has 1 fully saturated rings. The van der Waals surface area contributed by atoms with E-state index in [1.165, 1.54) is 12.3 Å². The number of halogens is 4. The van der Waals surface area contributed by atoms with Gasteiger partial charge in [0.25, 0.3) is 5.91 Å². The third-order valence-corrected chi connectivity index (χ3v) is 4.92. The second-order valence-electron chi connectivity index (χ2n) is 6.22. The van der Waals surface area contributed by atoms with E-state index in [4.69, 9.17) is 11.6 Å². The van der Waals surface area contributed by atoms with E-state index < -0.39 is 18.1 Å². The molecule has 1 unspecified atom stereocenters. The van der Waals surface area contributed by atoms with Gasteiger partial charge < -0.3 is 14.9 Å². The monoisotopic (exact) mass is 384 g/mol. The highest BCUT2D eigenvalue weighted by Gasteiger charge is 2.48. The smallest absolute Gasteiger partial charge is 0.357 e. The zero-order valence-corrected chi connectivity index (χ0v) is 14.2. The van der Waals surface area contributed by atoms with E-state index in [0.717, 1.165) is 10.3 Å². The van der Waals surface area contributed by atoms with Crippen molar-refractivity contribution < 1.29 is 19.4 Å². The van der Waals surface area contributed by atoms with Gasteiger partial charge in [0.15, 0.2) is 0 Å². The topological polar surface area (TPSA) is 64.8 Å². The number of pyridine rings is 1. The van der Waals surface area contributed by atoms with Crippen molar-refractivity contribution in [1.82, 2.24) is 19.9 Å². The summed E-state index contributed by atoms with van der Waals surface area (Å²) in [6, 6.07) is 1.60. The summed E-state index contributed by atoms with van der Waals surface area (Å²) in [6.07, 6.45) is 0.623. The number of aromatic amines is 2. The molecule has 3 aromatic rings. The Morgan fingerprint density at radius 2 is 2.19 bits per heavy atom. The molecule has 0 aliphatic carbocycles. The van der Waals surface area contributed by atoms with E-state index >= 15 is 0 Å². The molecule has 1 aliphatic rings. The van der Waals surface area contributed by atoms with Crippen LogP contribution in [0.4, 0.5) is 13.2 Å². The highest BCUT2D eigenvalue weighted by molar-refractivity contribution is 6.34. The molecule has 0 spiro atoms. The summed E-state index contributed by atoms with van der Waals surface area (Å²) in [5, 5.41) is 1.16. The number of nitrogens with zero attached hydrogens (tertiary/aromatic N) is 2. The van der Waals surface area contributed by atoms with E-state index in [1.54, 1.807) is 18.5 Å². The number of carbonyl (C=O) groups is 1. The van der Waals surface area contributed by atoms with Crippen molar-refractivity contribution in [1.29, 1.82) is 0 Å². The van der Waals surface area contributed by atoms with E-state index in [-0.39, 0.29) is 20.1 Å². The molecule has 0 saturated carbocycles. The maximum Gasteiger partial charge on any atom is 0.408 e. The molecule has 0 aromatic carbocycles. The second kappa shape index (κ2) is 6.05. The fraction of sp³-hybridized carbons (Fsp3) is 0.294. The van der Waals surface area contributed by atoms with Crippen molar-refractivity contribution in [2.45, 2.75) is 25.1 Å². The average molecular weight is 385 g/mol. The van der Waals surface area contributed by atoms with Crippen LogP contribution in [0.2, 0.25) is 5.02 Å². The van der Waals surface area contributed by atoms with Crippen LogP contribution < -0.4 is 0 Å². The summed E-state index contributed by atoms with van der Waals surface area (Å²) in [6.45, 7) is 0.0927. The molecule has 3 aromatic heterocycles. The first-order valence-electron chi connectivity index (χ1n) is 8.04. The number of hydrogen-bond acceptors (Lipinski definition) is 2. The second-order valence-corrected chi connectivity index (χ2v) is 6.63. The number of alkyl halides is 3. The van der Waals surface area contributed by atoms with Gasteiger partial charge in [-0.15, -0.1) is 0 Å². The Hall–Kier alpha value is -2.48. The van der Waals surface area contributed by atoms with Gasteiger partial charge in [-0.2, -0.15) is 13.2 Å². The van der Waals surface area contributed by atoms with Crippen LogP contribution >= 0.6 is 11.6 Å². The minimum absolute atomic E-state index is 0. The van der Waals surface area contributed by atoms with Gasteiger partial charge in [-0.3, -0.25) is 4.79 Å². The van der Waals surface area contributed by atoms with Crippen molar-refractivity contribution >= 4 is 28.5 Å². The molecule has 1 aliphatic heterocycles. The van der Waals surface area contributed by atoms with Gasteiger partial charge in [-0.1, -0.05) is 11.6 Å². The number of fused-ring (bicyclic) bond motifs is 1. The molecule has 2 N–H and O–H groups in total. The van der Waals surface area contributed by atoms with Crippen LogP contribution in [0.5, 0.6) is 0 Å². The summed E-state index contributed by atoms with van der Waals surface area (Å²) in [5.74, 6) is -0.661. The Balaban J connectivity index is 0.00000210. The van der Waals surface area contributed by atoms with Gasteiger partial charge in [0.2, 0.25) is 0 Å². The summed E-state index contributed by atoms with van der Waals surface area (Å²) >= 11 is 6.26. The third-order valence-electron chi connectivity index (χ3n) is 4.63. The lowest BCUT2D eigenvalue weighted by atomic mass is 10.1. The highest BCUT2D eigenvalue weighted by Crippen LogP contribution is 2.36. The van der Waals surface area contributed by atoms with Gasteiger partial charge in [0.1, 0.15) is 17.4 Å². The van der Waals surface area contributed by atoms with E-state index in [9.17, 15) is 18.0 Å². The number of nitrogens with one attached hydrogen (secondary N) is 2. The van der Waals surface area contributed by atoms with Crippen LogP contribution in [0.3, 0.4) is 0 Å². The predicted octanol–water partition coefficient (Wildman–Crippen LogP) is 4.62. The lowest BCUT2D eigenvalue weighted by Gasteiger charge is -2.26. The fourth-order valence-corrected chi connectivity index (χ4v) is 3.70. The zero-order chi connectivity index (χ0) is 18.5. The van der Waals surface area contributed by atoms with Crippen LogP contribution in [-0.4, -0.2) is 44.5 Å². The molecular formula is C17H16ClF3N4O. The minimum atomic E-state index is -4.42. The van der Waals surface area contributed by atoms with Crippen LogP contribution in [-0.2, 0) is 0 Å². The van der Waals surface area contributed by atoms with Gasteiger partial charge >= 0.3 is 6.18 Å². The molecule has 0 radical (unpaired) electrons. The Bertz CT molecular complexity index is 984. The highest BCUT2D eigenvalue weighted by atomic mass is 35.5. The quantitative estimate of drug-likeness (QED) is 0.676. The van der Waals surface area contributed by atoms with Crippen LogP contribution in [0.25, 0.3) is 22.2 Å². The van der Waals surface area contributed by atoms with Gasteiger partial charge in [-0.25, -0.2) is 4.98 Å². The molecular weight excluding hydrogens is 369 g/mol. The number of hydrogen-bond donors (Lipinski definition) is 2. The fourth-order valence-electron chi connectivity index (χ4n) is 3.44. The number of likely N-dealkylation sites (tertiary alicyclic amines) is 1. The minimum Gasteiger partial charge on any atom is -0.357 e. The Labute approximate surface area is 152 Å². The molecule has 138 valence electrons. The summed E-state index contributed by atoms with van der Waals surface area (Å²) in [7, 11) is 0. The van der Waals surface area contributed by atoms with Crippen LogP contribution in [0, 0.1) is 0 Å². The van der Waals surface area contributed by atoms with Gasteiger partial charge in [0, 0.05) is 43.1 Å². The maximum absolute atomic E-state index is 13.1. The van der Waals surface area contributed by atoms with Crippen molar-refractivity contribution in [3.05, 3.63) is 41.4 Å². The van der Waals surface area contributed by atoms with Gasteiger partial charge in [0.05, 0.1) is 5.02 Å². The van der Waals surface area contributed by atoms with E-state index in [0.29, 0.717) is 28.2 Å². The summed E-state index contributed by atoms with van der Waals surface area (Å²) < 4.78 is 39.4. The molecule has 0 bridgehead atoms. The molecule has 5 nitrogen and oxygen atoms in total. The Morgan fingerprint density at radius 1 is 1.38 bits per heavy atom. The SMILES string of the molecule is O=C(c1cc(-c2c(Cl)cnc3[nH]ccc23)c[nH]1)N1CCCC1C(F)(F)F.[HH]. The van der Waals surface area contributed by atoms with E-state index in [1.807, 2.05) is 0 Å². The molecule has 1 atom stereocenters. The standard InChI is InChI=1S/C17H14ClF3N4O.H2/c18-11-8-24-15-10(3-4-22-15)14(11)9-6-12(23-7-9)16(26)25-5-1-2-13(25)17(19,20)21;/h3-4,6-8,13,23H,1-2,5H2,(H,22,24);1H. The number of aromatic nitrogens is 3. The Morgan fingerprint density at radius 3 is 2.96 bits per heavy atom. The number of H-pyrrole nitrogens is 2. The van der Waals surface area contributed by atoms with Crippen molar-refractivity contribution in [2.75, 3.05) is 6.54 Å². The molecule has 1 amide bonds. The Kier molecular flexibility index (Phi) is 3.95. The predicted molar refractivity (Wildman–Crippen MR) is 93.1 cm³/mol. The van der Waals surface area contributed by atoms with Crippen molar-refractivity contribution in [3.8, 4) is 11.1 Å². The molecule has 4 rings (SSSR count). The number of carbonyl (C=O) groups excluding carboxylic acids is 1. The van der Waals surface area contributed by atoms with E-state index in [2.05, 4.69) is 15.0 Å². The third kappa shape index (κ3) is 2.74. The molecule has 4 heterocycles. The average Bonchev–Trinajstić information content (AvgIpc) is 3.32. The first-order chi connectivity index (χ1) is 12.4. The molecule has 1 saturated heterocycles. The molecule has 9 heteroatoms. The first-order valence-corrected chi connectivity index (χ1v) is 8.42. The molecule has 26 heavy (non-hydrogen) atoms. The number of rotatable bonds is 2. The zero-order valence-electron chi connectivity index (χ0n) is 13.4. The normalized spacial score (nSPS) is 18.0. The van der Waals surface area contributed by atoms with Crippen molar-refractivity contribution in [3.63, 3.8) is 0 Å². The first kappa shape index (κ1) is 17.0. The van der Waals surface area contributed by atoms with Crippen LogP contribution in [0.15, 0.2) is 30.7 Å². The summed E-state index contributed by atoms with van der Waals surface area (Å²) in [5.41, 5.74) is 2.03. The summed E-state index contributed by atoms with van der Waals surface area (Å²) in [4.78, 5) is 23.4. The van der Waals surface area contributed by atoms with Crippen molar-refractivity contribution in [2.24, 2.45) is 0 Å². The van der Waals surface area contributed by atoms with Gasteiger partial charge in [-0.05, 0) is 25.0 Å². The maximum atomic E-state index is 13.1. The largest absolute Gasteiger partial charge is 0.408 e. The van der Waals surface area contributed by atoms with Crippen LogP contribution in [0.1, 0.15) is 24.8 Å².